The van der Waals surface area contributed by atoms with Gasteiger partial charge in [-0.3, -0.25) is 10.7 Å². The Labute approximate surface area is 90.2 Å². The van der Waals surface area contributed by atoms with Gasteiger partial charge in [0.05, 0.1) is 25.6 Å². The minimum absolute atomic E-state index is 0.175. The van der Waals surface area contributed by atoms with Gasteiger partial charge in [0.25, 0.3) is 0 Å². The fourth-order valence-electron chi connectivity index (χ4n) is 1.38. The van der Waals surface area contributed by atoms with Crippen molar-refractivity contribution in [3.05, 3.63) is 12.7 Å². The van der Waals surface area contributed by atoms with Crippen molar-refractivity contribution in [2.45, 2.75) is 12.6 Å². The summed E-state index contributed by atoms with van der Waals surface area (Å²) >= 11 is 0. The summed E-state index contributed by atoms with van der Waals surface area (Å²) in [7, 11) is 0. The van der Waals surface area contributed by atoms with Crippen molar-refractivity contribution in [2.75, 3.05) is 12.1 Å². The molecule has 0 aliphatic heterocycles. The maximum Gasteiger partial charge on any atom is 0.181 e. The standard InChI is InChI=1S/C8H11N5O3/c14-2-5(15)1-13-4-11-6-7(12-16)9-3-10-8(6)13/h3-5,14-16H,1-2H2,(H,9,10,12). The van der Waals surface area contributed by atoms with Crippen LogP contribution in [0.4, 0.5) is 5.82 Å². The van der Waals surface area contributed by atoms with Crippen LogP contribution in [0.3, 0.4) is 0 Å². The van der Waals surface area contributed by atoms with Crippen LogP contribution in [0, 0.1) is 0 Å². The normalized spacial score (nSPS) is 12.9. The monoisotopic (exact) mass is 225 g/mol. The minimum atomic E-state index is -0.877. The number of aliphatic hydroxyl groups is 2. The van der Waals surface area contributed by atoms with E-state index in [9.17, 15) is 5.11 Å². The quantitative estimate of drug-likeness (QED) is 0.492. The summed E-state index contributed by atoms with van der Waals surface area (Å²) in [4.78, 5) is 11.8. The van der Waals surface area contributed by atoms with E-state index in [0.717, 1.165) is 0 Å². The third kappa shape index (κ3) is 1.81. The number of aromatic nitrogens is 4. The van der Waals surface area contributed by atoms with Crippen LogP contribution in [0.5, 0.6) is 0 Å². The number of imidazole rings is 1. The topological polar surface area (TPSA) is 116 Å². The van der Waals surface area contributed by atoms with Crippen molar-refractivity contribution in [1.29, 1.82) is 0 Å². The Hall–Kier alpha value is -1.77. The molecule has 0 aromatic carbocycles. The van der Waals surface area contributed by atoms with E-state index in [1.54, 1.807) is 4.57 Å². The Morgan fingerprint density at radius 3 is 2.88 bits per heavy atom. The van der Waals surface area contributed by atoms with Gasteiger partial charge in [0.1, 0.15) is 6.33 Å². The van der Waals surface area contributed by atoms with Crippen LogP contribution in [0.25, 0.3) is 11.2 Å². The second-order valence-corrected chi connectivity index (χ2v) is 3.24. The SMILES string of the molecule is OCC(O)Cn1cnc2c(NO)ncnc21. The number of nitrogens with one attached hydrogen (secondary N) is 1. The zero-order chi connectivity index (χ0) is 11.5. The molecule has 1 atom stereocenters. The number of anilines is 1. The number of aliphatic hydroxyl groups excluding tert-OH is 2. The van der Waals surface area contributed by atoms with Gasteiger partial charge in [-0.2, -0.15) is 0 Å². The second-order valence-electron chi connectivity index (χ2n) is 3.24. The van der Waals surface area contributed by atoms with Crippen LogP contribution in [0.1, 0.15) is 0 Å². The maximum atomic E-state index is 9.31. The molecule has 0 fully saturated rings. The van der Waals surface area contributed by atoms with Crippen molar-refractivity contribution in [3.8, 4) is 0 Å². The van der Waals surface area contributed by atoms with Crippen molar-refractivity contribution < 1.29 is 15.4 Å². The average molecular weight is 225 g/mol. The minimum Gasteiger partial charge on any atom is -0.394 e. The van der Waals surface area contributed by atoms with Crippen LogP contribution in [0.15, 0.2) is 12.7 Å². The average Bonchev–Trinajstić information content (AvgIpc) is 2.72. The Morgan fingerprint density at radius 1 is 1.38 bits per heavy atom. The summed E-state index contributed by atoms with van der Waals surface area (Å²) in [5.41, 5.74) is 2.78. The lowest BCUT2D eigenvalue weighted by atomic mass is 10.4. The number of nitrogens with zero attached hydrogens (tertiary/aromatic N) is 4. The van der Waals surface area contributed by atoms with Gasteiger partial charge in [-0.05, 0) is 0 Å². The lowest BCUT2D eigenvalue weighted by molar-refractivity contribution is 0.0820. The summed E-state index contributed by atoms with van der Waals surface area (Å²) < 4.78 is 1.57. The molecule has 8 nitrogen and oxygen atoms in total. The van der Waals surface area contributed by atoms with E-state index in [1.165, 1.54) is 12.7 Å². The molecule has 0 aliphatic rings. The Kier molecular flexibility index (Phi) is 2.95. The molecular formula is C8H11N5O3. The number of fused-ring (bicyclic) bond motifs is 1. The molecule has 0 radical (unpaired) electrons. The molecule has 16 heavy (non-hydrogen) atoms. The Bertz CT molecular complexity index is 485. The van der Waals surface area contributed by atoms with E-state index in [0.29, 0.717) is 11.2 Å². The number of hydrogen-bond donors (Lipinski definition) is 4. The molecule has 0 saturated carbocycles. The molecule has 2 heterocycles. The molecular weight excluding hydrogens is 214 g/mol. The van der Waals surface area contributed by atoms with Gasteiger partial charge in [0.2, 0.25) is 0 Å². The third-order valence-electron chi connectivity index (χ3n) is 2.13. The molecule has 2 aromatic rings. The highest BCUT2D eigenvalue weighted by molar-refractivity contribution is 5.81. The summed E-state index contributed by atoms with van der Waals surface area (Å²) in [5, 5.41) is 26.8. The highest BCUT2D eigenvalue weighted by Crippen LogP contribution is 2.16. The molecule has 2 aromatic heterocycles. The summed E-state index contributed by atoms with van der Waals surface area (Å²) in [6.07, 6.45) is 1.85. The van der Waals surface area contributed by atoms with Crippen LogP contribution < -0.4 is 5.48 Å². The fourth-order valence-corrected chi connectivity index (χ4v) is 1.38. The summed E-state index contributed by atoms with van der Waals surface area (Å²) in [5.74, 6) is 0.197. The van der Waals surface area contributed by atoms with Gasteiger partial charge in [0.15, 0.2) is 17.0 Å². The largest absolute Gasteiger partial charge is 0.394 e. The zero-order valence-electron chi connectivity index (χ0n) is 8.28. The summed E-state index contributed by atoms with van der Waals surface area (Å²) in [6, 6.07) is 0. The molecule has 86 valence electrons. The first-order valence-corrected chi connectivity index (χ1v) is 4.61. The maximum absolute atomic E-state index is 9.31. The van der Waals surface area contributed by atoms with Crippen LogP contribution >= 0.6 is 0 Å². The van der Waals surface area contributed by atoms with Crippen molar-refractivity contribution in [2.24, 2.45) is 0 Å². The molecule has 8 heteroatoms. The van der Waals surface area contributed by atoms with E-state index < -0.39 is 6.10 Å². The molecule has 0 aliphatic carbocycles. The molecule has 0 amide bonds. The Morgan fingerprint density at radius 2 is 2.19 bits per heavy atom. The highest BCUT2D eigenvalue weighted by atomic mass is 16.5. The number of rotatable bonds is 4. The molecule has 0 spiro atoms. The van der Waals surface area contributed by atoms with Gasteiger partial charge in [-0.25, -0.2) is 15.0 Å². The second kappa shape index (κ2) is 4.39. The van der Waals surface area contributed by atoms with Crippen molar-refractivity contribution >= 4 is 17.0 Å². The van der Waals surface area contributed by atoms with Crippen molar-refractivity contribution in [1.82, 2.24) is 19.5 Å². The lowest BCUT2D eigenvalue weighted by Crippen LogP contribution is -2.19. The van der Waals surface area contributed by atoms with Crippen LogP contribution in [-0.4, -0.2) is 47.7 Å². The van der Waals surface area contributed by atoms with E-state index in [4.69, 9.17) is 10.3 Å². The van der Waals surface area contributed by atoms with Crippen LogP contribution in [-0.2, 0) is 6.54 Å². The van der Waals surface area contributed by atoms with Crippen molar-refractivity contribution in [3.63, 3.8) is 0 Å². The Balaban J connectivity index is 2.41. The predicted octanol–water partition coefficient (Wildman–Crippen LogP) is -1.02. The van der Waals surface area contributed by atoms with Gasteiger partial charge in [0, 0.05) is 0 Å². The lowest BCUT2D eigenvalue weighted by Gasteiger charge is -2.08. The van der Waals surface area contributed by atoms with Gasteiger partial charge in [-0.1, -0.05) is 0 Å². The zero-order valence-corrected chi connectivity index (χ0v) is 8.28. The van der Waals surface area contributed by atoms with Crippen LogP contribution in [0.2, 0.25) is 0 Å². The number of hydrogen-bond acceptors (Lipinski definition) is 7. The molecule has 4 N–H and O–H groups in total. The predicted molar refractivity (Wildman–Crippen MR) is 53.8 cm³/mol. The first-order valence-electron chi connectivity index (χ1n) is 4.61. The van der Waals surface area contributed by atoms with Gasteiger partial charge in [-0.15, -0.1) is 0 Å². The fraction of sp³-hybridized carbons (Fsp3) is 0.375. The van der Waals surface area contributed by atoms with E-state index in [-0.39, 0.29) is 19.0 Å². The van der Waals surface area contributed by atoms with E-state index >= 15 is 0 Å². The third-order valence-corrected chi connectivity index (χ3v) is 2.13. The molecule has 1 unspecified atom stereocenters. The van der Waals surface area contributed by atoms with E-state index in [1.807, 2.05) is 5.48 Å². The molecule has 0 saturated heterocycles. The first-order chi connectivity index (χ1) is 7.76. The molecule has 2 rings (SSSR count). The highest BCUT2D eigenvalue weighted by Gasteiger charge is 2.11. The van der Waals surface area contributed by atoms with E-state index in [2.05, 4.69) is 15.0 Å². The van der Waals surface area contributed by atoms with Gasteiger partial charge >= 0.3 is 0 Å². The van der Waals surface area contributed by atoms with Gasteiger partial charge < -0.3 is 14.8 Å². The first kappa shape index (κ1) is 10.7. The molecule has 0 bridgehead atoms. The summed E-state index contributed by atoms with van der Waals surface area (Å²) in [6.45, 7) is -0.162. The smallest absolute Gasteiger partial charge is 0.181 e.